The Morgan fingerprint density at radius 1 is 1.14 bits per heavy atom. The van der Waals surface area contributed by atoms with Crippen LogP contribution in [0.5, 0.6) is 0 Å². The van der Waals surface area contributed by atoms with Gasteiger partial charge in [0.2, 0.25) is 0 Å². The zero-order valence-electron chi connectivity index (χ0n) is 10.6. The molecule has 1 rings (SSSR count). The number of benzene rings is 1. The lowest BCUT2D eigenvalue weighted by molar-refractivity contribution is -0.137. The molecule has 0 radical (unpaired) electrons. The van der Waals surface area contributed by atoms with Gasteiger partial charge < -0.3 is 10.4 Å². The van der Waals surface area contributed by atoms with E-state index in [1.807, 2.05) is 0 Å². The molecule has 6 nitrogen and oxygen atoms in total. The number of hydrogen-bond acceptors (Lipinski definition) is 5. The van der Waals surface area contributed by atoms with E-state index >= 15 is 0 Å². The normalized spacial score (nSPS) is 9.82. The van der Waals surface area contributed by atoms with Crippen molar-refractivity contribution in [1.29, 1.82) is 15.8 Å². The molecule has 0 aliphatic carbocycles. The topological polar surface area (TPSA) is 121 Å². The molecule has 1 aromatic rings. The number of carboxylic acids is 1. The molecule has 0 aliphatic rings. The van der Waals surface area contributed by atoms with Crippen LogP contribution in [0, 0.1) is 34.0 Å². The Morgan fingerprint density at radius 3 is 2.14 bits per heavy atom. The predicted octanol–water partition coefficient (Wildman–Crippen LogP) is 2.64. The highest BCUT2D eigenvalue weighted by Gasteiger charge is 2.31. The van der Waals surface area contributed by atoms with Gasteiger partial charge in [-0.05, 0) is 18.2 Å². The first-order valence-corrected chi connectivity index (χ1v) is 5.40. The number of alkyl halides is 3. The minimum atomic E-state index is -4.72. The summed E-state index contributed by atoms with van der Waals surface area (Å²) in [4.78, 5) is 11.0. The standard InChI is InChI=1S/C13H5F3N4O2/c14-13(15,16)8-1-2-9(12(21)22)10(3-8)20-11(6-19)7(4-17)5-18/h1-3,20H,(H,21,22). The van der Waals surface area contributed by atoms with Crippen molar-refractivity contribution in [2.24, 2.45) is 0 Å². The molecule has 22 heavy (non-hydrogen) atoms. The van der Waals surface area contributed by atoms with Crippen molar-refractivity contribution in [2.45, 2.75) is 6.18 Å². The second kappa shape index (κ2) is 6.29. The Bertz CT molecular complexity index is 760. The molecular formula is C13H5F3N4O2. The summed E-state index contributed by atoms with van der Waals surface area (Å²) < 4.78 is 38.0. The van der Waals surface area contributed by atoms with E-state index in [4.69, 9.17) is 20.9 Å². The van der Waals surface area contributed by atoms with Gasteiger partial charge in [0.25, 0.3) is 0 Å². The third-order valence-electron chi connectivity index (χ3n) is 2.42. The Balaban J connectivity index is 3.49. The number of nitrogens with one attached hydrogen (secondary N) is 1. The molecule has 9 heteroatoms. The highest BCUT2D eigenvalue weighted by atomic mass is 19.4. The van der Waals surface area contributed by atoms with Gasteiger partial charge in [-0.2, -0.15) is 29.0 Å². The molecule has 110 valence electrons. The Labute approximate surface area is 121 Å². The number of allylic oxidation sites excluding steroid dienone is 2. The van der Waals surface area contributed by atoms with E-state index in [-0.39, 0.29) is 0 Å². The number of aromatic carboxylic acids is 1. The van der Waals surface area contributed by atoms with Crippen molar-refractivity contribution in [1.82, 2.24) is 0 Å². The van der Waals surface area contributed by atoms with Gasteiger partial charge in [0.15, 0.2) is 5.57 Å². The third-order valence-corrected chi connectivity index (χ3v) is 2.42. The molecular weight excluding hydrogens is 301 g/mol. The van der Waals surface area contributed by atoms with Crippen LogP contribution in [0.4, 0.5) is 18.9 Å². The maximum absolute atomic E-state index is 12.7. The number of halogens is 3. The fourth-order valence-electron chi connectivity index (χ4n) is 1.43. The highest BCUT2D eigenvalue weighted by Crippen LogP contribution is 2.32. The minimum absolute atomic E-state index is 0.479. The van der Waals surface area contributed by atoms with Crippen LogP contribution in [0.2, 0.25) is 0 Å². The zero-order chi connectivity index (χ0) is 16.9. The fraction of sp³-hybridized carbons (Fsp3) is 0.0769. The second-order valence-corrected chi connectivity index (χ2v) is 3.77. The van der Waals surface area contributed by atoms with Gasteiger partial charge in [-0.3, -0.25) is 0 Å². The molecule has 0 saturated heterocycles. The number of carbonyl (C=O) groups is 1. The van der Waals surface area contributed by atoms with Gasteiger partial charge in [-0.25, -0.2) is 4.79 Å². The van der Waals surface area contributed by atoms with Crippen molar-refractivity contribution < 1.29 is 23.1 Å². The summed E-state index contributed by atoms with van der Waals surface area (Å²) in [6.07, 6.45) is -4.72. The predicted molar refractivity (Wildman–Crippen MR) is 65.9 cm³/mol. The largest absolute Gasteiger partial charge is 0.478 e. The number of hydrogen-bond donors (Lipinski definition) is 2. The van der Waals surface area contributed by atoms with Crippen molar-refractivity contribution in [3.05, 3.63) is 40.6 Å². The summed E-state index contributed by atoms with van der Waals surface area (Å²) in [7, 11) is 0. The van der Waals surface area contributed by atoms with Crippen LogP contribution in [0.15, 0.2) is 29.5 Å². The minimum Gasteiger partial charge on any atom is -0.478 e. The number of anilines is 1. The lowest BCUT2D eigenvalue weighted by atomic mass is 10.1. The van der Waals surface area contributed by atoms with E-state index in [1.54, 1.807) is 0 Å². The van der Waals surface area contributed by atoms with Crippen molar-refractivity contribution in [3.8, 4) is 18.2 Å². The number of carboxylic acid groups (broad SMARTS) is 1. The lowest BCUT2D eigenvalue weighted by Gasteiger charge is -2.12. The SMILES string of the molecule is N#CC(C#N)=C(C#N)Nc1cc(C(F)(F)F)ccc1C(=O)O. The maximum atomic E-state index is 12.7. The van der Waals surface area contributed by atoms with Crippen molar-refractivity contribution in [2.75, 3.05) is 5.32 Å². The van der Waals surface area contributed by atoms with Gasteiger partial charge in [-0.1, -0.05) is 0 Å². The first-order valence-electron chi connectivity index (χ1n) is 5.40. The van der Waals surface area contributed by atoms with E-state index < -0.39 is 40.2 Å². The summed E-state index contributed by atoms with van der Waals surface area (Å²) >= 11 is 0. The van der Waals surface area contributed by atoms with Gasteiger partial charge >= 0.3 is 12.1 Å². The molecule has 0 bridgehead atoms. The first-order chi connectivity index (χ1) is 10.2. The highest BCUT2D eigenvalue weighted by molar-refractivity contribution is 5.95. The molecule has 0 saturated carbocycles. The molecule has 0 spiro atoms. The van der Waals surface area contributed by atoms with Crippen LogP contribution in [0.1, 0.15) is 15.9 Å². The average Bonchev–Trinajstić information content (AvgIpc) is 2.45. The second-order valence-electron chi connectivity index (χ2n) is 3.77. The van der Waals surface area contributed by atoms with Gasteiger partial charge in [0.1, 0.15) is 23.9 Å². The summed E-state index contributed by atoms with van der Waals surface area (Å²) in [6.45, 7) is 0. The van der Waals surface area contributed by atoms with E-state index in [9.17, 15) is 18.0 Å². The van der Waals surface area contributed by atoms with E-state index in [1.165, 1.54) is 18.2 Å². The number of nitrogens with zero attached hydrogens (tertiary/aromatic N) is 3. The molecule has 0 aromatic heterocycles. The molecule has 1 aromatic carbocycles. The number of nitriles is 3. The quantitative estimate of drug-likeness (QED) is 0.828. The van der Waals surface area contributed by atoms with E-state index in [0.717, 1.165) is 0 Å². The molecule has 0 heterocycles. The van der Waals surface area contributed by atoms with Crippen LogP contribution in [-0.2, 0) is 6.18 Å². The zero-order valence-corrected chi connectivity index (χ0v) is 10.6. The molecule has 0 amide bonds. The summed E-state index contributed by atoms with van der Waals surface area (Å²) in [5.74, 6) is -1.54. The average molecular weight is 306 g/mol. The van der Waals surface area contributed by atoms with Gasteiger partial charge in [-0.15, -0.1) is 0 Å². The monoisotopic (exact) mass is 306 g/mol. The van der Waals surface area contributed by atoms with Gasteiger partial charge in [0.05, 0.1) is 16.8 Å². The maximum Gasteiger partial charge on any atom is 0.416 e. The van der Waals surface area contributed by atoms with Crippen LogP contribution >= 0.6 is 0 Å². The summed E-state index contributed by atoms with van der Waals surface area (Å²) in [6, 6.07) is 5.94. The first kappa shape index (κ1) is 16.5. The molecule has 0 unspecified atom stereocenters. The van der Waals surface area contributed by atoms with Crippen LogP contribution in [0.25, 0.3) is 0 Å². The Kier molecular flexibility index (Phi) is 4.73. The molecule has 0 aliphatic heterocycles. The Hall–Kier alpha value is -3.51. The molecule has 0 fully saturated rings. The summed E-state index contributed by atoms with van der Waals surface area (Å²) in [5, 5.41) is 37.2. The number of rotatable bonds is 3. The lowest BCUT2D eigenvalue weighted by Crippen LogP contribution is -2.11. The van der Waals surface area contributed by atoms with Crippen molar-refractivity contribution >= 4 is 11.7 Å². The molecule has 0 atom stereocenters. The van der Waals surface area contributed by atoms with E-state index in [0.29, 0.717) is 18.2 Å². The summed E-state index contributed by atoms with van der Waals surface area (Å²) in [5.41, 5.74) is -3.58. The third kappa shape index (κ3) is 3.53. The fourth-order valence-corrected chi connectivity index (χ4v) is 1.43. The van der Waals surface area contributed by atoms with Crippen LogP contribution < -0.4 is 5.32 Å². The van der Waals surface area contributed by atoms with Crippen molar-refractivity contribution in [3.63, 3.8) is 0 Å². The van der Waals surface area contributed by atoms with Crippen LogP contribution in [-0.4, -0.2) is 11.1 Å². The van der Waals surface area contributed by atoms with E-state index in [2.05, 4.69) is 5.32 Å². The smallest absolute Gasteiger partial charge is 0.416 e. The van der Waals surface area contributed by atoms with Gasteiger partial charge in [0, 0.05) is 0 Å². The molecule has 2 N–H and O–H groups in total. The Morgan fingerprint density at radius 2 is 1.73 bits per heavy atom. The van der Waals surface area contributed by atoms with Crippen LogP contribution in [0.3, 0.4) is 0 Å².